The molecule has 2 heteroatoms. The zero-order valence-corrected chi connectivity index (χ0v) is 14.9. The van der Waals surface area contributed by atoms with Gasteiger partial charge in [-0.05, 0) is 37.1 Å². The molecule has 3 rings (SSSR count). The third-order valence-electron chi connectivity index (χ3n) is 5.77. The van der Waals surface area contributed by atoms with Crippen molar-refractivity contribution in [1.82, 2.24) is 0 Å². The van der Waals surface area contributed by atoms with Gasteiger partial charge in [-0.2, -0.15) is 0 Å². The van der Waals surface area contributed by atoms with Crippen LogP contribution in [0.2, 0.25) is 0 Å². The van der Waals surface area contributed by atoms with Gasteiger partial charge in [-0.3, -0.25) is 0 Å². The quantitative estimate of drug-likeness (QED) is 0.762. The number of hydrogen-bond donors (Lipinski definition) is 0. The average Bonchev–Trinajstić information content (AvgIpc) is 2.77. The fourth-order valence-corrected chi connectivity index (χ4v) is 4.02. The van der Waals surface area contributed by atoms with Crippen LogP contribution in [0.4, 0.5) is 11.4 Å². The lowest BCUT2D eigenvalue weighted by molar-refractivity contribution is 0.636. The largest absolute Gasteiger partial charge is 0.345 e. The Morgan fingerprint density at radius 3 is 1.36 bits per heavy atom. The lowest BCUT2D eigenvalue weighted by atomic mass is 9.80. The van der Waals surface area contributed by atoms with Gasteiger partial charge >= 0.3 is 0 Å². The number of benzene rings is 1. The van der Waals surface area contributed by atoms with Gasteiger partial charge in [0.1, 0.15) is 0 Å². The van der Waals surface area contributed by atoms with Crippen LogP contribution in [0.25, 0.3) is 0 Å². The molecule has 2 heterocycles. The van der Waals surface area contributed by atoms with Crippen LogP contribution < -0.4 is 9.80 Å². The molecule has 0 saturated carbocycles. The first-order valence-corrected chi connectivity index (χ1v) is 8.30. The number of fused-ring (bicyclic) bond motifs is 2. The molecule has 0 aromatic heterocycles. The summed E-state index contributed by atoms with van der Waals surface area (Å²) in [6.07, 6.45) is 0. The summed E-state index contributed by atoms with van der Waals surface area (Å²) in [5.74, 6) is 0. The van der Waals surface area contributed by atoms with Crippen LogP contribution in [0, 0.1) is 0 Å². The highest BCUT2D eigenvalue weighted by Crippen LogP contribution is 2.54. The Hall–Kier alpha value is -1.70. The first-order valence-electron chi connectivity index (χ1n) is 8.30. The SMILES string of the molecule is C=C1N(CC)c2cc3c(cc2C1(C)C)N(CC)C(=C)C3(C)C. The second-order valence-electron chi connectivity index (χ2n) is 7.52. The molecule has 0 N–H and O–H groups in total. The van der Waals surface area contributed by atoms with Crippen molar-refractivity contribution < 1.29 is 0 Å². The van der Waals surface area contributed by atoms with Crippen LogP contribution in [-0.4, -0.2) is 13.1 Å². The van der Waals surface area contributed by atoms with E-state index in [-0.39, 0.29) is 10.8 Å². The monoisotopic (exact) mass is 296 g/mol. The molecule has 1 aromatic rings. The van der Waals surface area contributed by atoms with E-state index in [4.69, 9.17) is 0 Å². The summed E-state index contributed by atoms with van der Waals surface area (Å²) in [7, 11) is 0. The Balaban J connectivity index is 2.29. The maximum atomic E-state index is 4.36. The van der Waals surface area contributed by atoms with Gasteiger partial charge in [0.05, 0.1) is 0 Å². The van der Waals surface area contributed by atoms with E-state index >= 15 is 0 Å². The van der Waals surface area contributed by atoms with E-state index in [0.717, 1.165) is 13.1 Å². The maximum Gasteiger partial charge on any atom is 0.0454 e. The molecule has 0 amide bonds. The first-order chi connectivity index (χ1) is 10.2. The van der Waals surface area contributed by atoms with Gasteiger partial charge in [-0.15, -0.1) is 0 Å². The fraction of sp³-hybridized carbons (Fsp3) is 0.500. The molecule has 0 unspecified atom stereocenters. The van der Waals surface area contributed by atoms with Crippen LogP contribution in [0.15, 0.2) is 36.7 Å². The van der Waals surface area contributed by atoms with E-state index in [0.29, 0.717) is 0 Å². The number of likely N-dealkylation sites (N-methyl/N-ethyl adjacent to an activating group) is 2. The van der Waals surface area contributed by atoms with Crippen molar-refractivity contribution >= 4 is 11.4 Å². The van der Waals surface area contributed by atoms with Crippen molar-refractivity contribution in [2.24, 2.45) is 0 Å². The Labute approximate surface area is 135 Å². The van der Waals surface area contributed by atoms with Gasteiger partial charge in [0.2, 0.25) is 0 Å². The molecule has 118 valence electrons. The minimum absolute atomic E-state index is 0.00610. The smallest absolute Gasteiger partial charge is 0.0454 e. The number of rotatable bonds is 2. The Morgan fingerprint density at radius 2 is 1.09 bits per heavy atom. The van der Waals surface area contributed by atoms with Crippen LogP contribution in [0.3, 0.4) is 0 Å². The minimum Gasteiger partial charge on any atom is -0.345 e. The summed E-state index contributed by atoms with van der Waals surface area (Å²) in [6.45, 7) is 24.2. The number of anilines is 2. The summed E-state index contributed by atoms with van der Waals surface area (Å²) in [5, 5.41) is 0. The van der Waals surface area contributed by atoms with Crippen molar-refractivity contribution in [3.63, 3.8) is 0 Å². The summed E-state index contributed by atoms with van der Waals surface area (Å²) < 4.78 is 0. The molecule has 1 aromatic carbocycles. The molecule has 2 aliphatic heterocycles. The van der Waals surface area contributed by atoms with E-state index in [2.05, 4.69) is 76.6 Å². The molecule has 0 aliphatic carbocycles. The van der Waals surface area contributed by atoms with Gasteiger partial charge in [0, 0.05) is 46.7 Å². The highest BCUT2D eigenvalue weighted by molar-refractivity contribution is 5.80. The normalized spacial score (nSPS) is 21.4. The molecule has 2 nitrogen and oxygen atoms in total. The molecule has 0 saturated heterocycles. The third kappa shape index (κ3) is 1.61. The van der Waals surface area contributed by atoms with Crippen molar-refractivity contribution in [3.05, 3.63) is 47.8 Å². The Kier molecular flexibility index (Phi) is 3.05. The maximum absolute atomic E-state index is 4.36. The van der Waals surface area contributed by atoms with E-state index in [1.54, 1.807) is 0 Å². The standard InChI is InChI=1S/C20H28N2/c1-9-21-13(3)19(5,6)15-12-18-16(11-17(15)21)20(7,8)14(4)22(18)10-2/h11-12H,3-4,9-10H2,1-2,5-8H3. The third-order valence-corrected chi connectivity index (χ3v) is 5.77. The van der Waals surface area contributed by atoms with E-state index in [1.165, 1.54) is 33.9 Å². The Bertz CT molecular complexity index is 619. The Morgan fingerprint density at radius 1 is 0.773 bits per heavy atom. The summed E-state index contributed by atoms with van der Waals surface area (Å²) in [4.78, 5) is 4.73. The molecule has 22 heavy (non-hydrogen) atoms. The summed E-state index contributed by atoms with van der Waals surface area (Å²) in [6, 6.07) is 4.77. The molecule has 0 bridgehead atoms. The van der Waals surface area contributed by atoms with E-state index in [9.17, 15) is 0 Å². The van der Waals surface area contributed by atoms with Crippen LogP contribution in [0.5, 0.6) is 0 Å². The van der Waals surface area contributed by atoms with Crippen LogP contribution in [0.1, 0.15) is 52.7 Å². The molecule has 0 atom stereocenters. The van der Waals surface area contributed by atoms with Gasteiger partial charge in [-0.25, -0.2) is 0 Å². The fourth-order valence-electron chi connectivity index (χ4n) is 4.02. The molecular weight excluding hydrogens is 268 g/mol. The number of nitrogens with zero attached hydrogens (tertiary/aromatic N) is 2. The van der Waals surface area contributed by atoms with E-state index < -0.39 is 0 Å². The predicted octanol–water partition coefficient (Wildman–Crippen LogP) is 4.95. The second-order valence-corrected chi connectivity index (χ2v) is 7.52. The van der Waals surface area contributed by atoms with Crippen molar-refractivity contribution in [1.29, 1.82) is 0 Å². The topological polar surface area (TPSA) is 6.48 Å². The first kappa shape index (κ1) is 15.2. The zero-order chi connectivity index (χ0) is 16.4. The van der Waals surface area contributed by atoms with E-state index in [1.807, 2.05) is 0 Å². The number of allylic oxidation sites excluding steroid dienone is 2. The van der Waals surface area contributed by atoms with Crippen molar-refractivity contribution in [3.8, 4) is 0 Å². The predicted molar refractivity (Wildman–Crippen MR) is 96.8 cm³/mol. The molecule has 2 aliphatic rings. The van der Waals surface area contributed by atoms with Gasteiger partial charge in [-0.1, -0.05) is 40.9 Å². The number of hydrogen-bond acceptors (Lipinski definition) is 2. The lowest BCUT2D eigenvalue weighted by Gasteiger charge is -2.26. The summed E-state index contributed by atoms with van der Waals surface area (Å²) in [5.41, 5.74) is 7.83. The highest BCUT2D eigenvalue weighted by Gasteiger charge is 2.44. The highest BCUT2D eigenvalue weighted by atomic mass is 15.2. The van der Waals surface area contributed by atoms with Crippen LogP contribution >= 0.6 is 0 Å². The second kappa shape index (κ2) is 4.41. The van der Waals surface area contributed by atoms with Crippen LogP contribution in [-0.2, 0) is 10.8 Å². The molecule has 0 spiro atoms. The van der Waals surface area contributed by atoms with Gasteiger partial charge in [0.15, 0.2) is 0 Å². The minimum atomic E-state index is -0.00610. The molecule has 0 fully saturated rings. The lowest BCUT2D eigenvalue weighted by Crippen LogP contribution is -2.26. The van der Waals surface area contributed by atoms with Crippen molar-refractivity contribution in [2.45, 2.75) is 52.4 Å². The van der Waals surface area contributed by atoms with Gasteiger partial charge < -0.3 is 9.80 Å². The molecule has 0 radical (unpaired) electrons. The van der Waals surface area contributed by atoms with Crippen molar-refractivity contribution in [2.75, 3.05) is 22.9 Å². The zero-order valence-electron chi connectivity index (χ0n) is 14.9. The van der Waals surface area contributed by atoms with Gasteiger partial charge in [0.25, 0.3) is 0 Å². The molecular formula is C20H28N2. The average molecular weight is 296 g/mol. The summed E-state index contributed by atoms with van der Waals surface area (Å²) >= 11 is 0.